The molecule has 0 spiro atoms. The van der Waals surface area contributed by atoms with E-state index in [2.05, 4.69) is 15.7 Å². The summed E-state index contributed by atoms with van der Waals surface area (Å²) in [5.74, 6) is 2.50. The van der Waals surface area contributed by atoms with E-state index in [-0.39, 0.29) is 0 Å². The Bertz CT molecular complexity index is 253. The maximum atomic E-state index is 5.48. The second-order valence-corrected chi connectivity index (χ2v) is 4.18. The summed E-state index contributed by atoms with van der Waals surface area (Å²) < 4.78 is 2.20. The summed E-state index contributed by atoms with van der Waals surface area (Å²) in [6, 6.07) is 0.655. The van der Waals surface area contributed by atoms with Gasteiger partial charge in [0.1, 0.15) is 0 Å². The largest absolute Gasteiger partial charge is 0.333 e. The Morgan fingerprint density at radius 2 is 2.67 bits per heavy atom. The van der Waals surface area contributed by atoms with Gasteiger partial charge in [-0.1, -0.05) is 0 Å². The average Bonchev–Trinajstić information content (AvgIpc) is 2.75. The average molecular weight is 183 g/mol. The molecule has 1 aromatic rings. The first-order valence-corrected chi connectivity index (χ1v) is 5.36. The van der Waals surface area contributed by atoms with E-state index < -0.39 is 0 Å². The van der Waals surface area contributed by atoms with E-state index in [1.165, 1.54) is 17.9 Å². The molecule has 3 nitrogen and oxygen atoms in total. The molecular weight excluding hydrogens is 170 g/mol. The van der Waals surface area contributed by atoms with Gasteiger partial charge in [-0.3, -0.25) is 0 Å². The van der Waals surface area contributed by atoms with E-state index in [0.717, 1.165) is 5.69 Å². The van der Waals surface area contributed by atoms with Gasteiger partial charge in [0.25, 0.3) is 0 Å². The molecule has 12 heavy (non-hydrogen) atoms. The predicted octanol–water partition coefficient (Wildman–Crippen LogP) is 1.02. The third kappa shape index (κ3) is 1.49. The number of imidazole rings is 1. The third-order valence-electron chi connectivity index (χ3n) is 2.19. The summed E-state index contributed by atoms with van der Waals surface area (Å²) in [6.45, 7) is 0.548. The van der Waals surface area contributed by atoms with Crippen LogP contribution >= 0.6 is 11.8 Å². The molecule has 4 heteroatoms. The number of nitrogens with two attached hydrogens (primary N) is 1. The molecule has 66 valence electrons. The lowest BCUT2D eigenvalue weighted by Gasteiger charge is -2.08. The second kappa shape index (κ2) is 3.49. The molecule has 0 saturated carbocycles. The third-order valence-corrected chi connectivity index (χ3v) is 3.34. The van der Waals surface area contributed by atoms with Crippen molar-refractivity contribution in [3.05, 3.63) is 18.2 Å². The zero-order valence-electron chi connectivity index (χ0n) is 6.94. The molecule has 1 aromatic heterocycles. The van der Waals surface area contributed by atoms with Gasteiger partial charge in [-0.2, -0.15) is 11.8 Å². The van der Waals surface area contributed by atoms with Crippen LogP contribution in [0.3, 0.4) is 0 Å². The Balaban J connectivity index is 2.11. The van der Waals surface area contributed by atoms with Gasteiger partial charge < -0.3 is 10.3 Å². The molecule has 0 aliphatic carbocycles. The summed E-state index contributed by atoms with van der Waals surface area (Å²) >= 11 is 2.01. The molecule has 0 bridgehead atoms. The summed E-state index contributed by atoms with van der Waals surface area (Å²) in [4.78, 5) is 4.21. The molecule has 2 N–H and O–H groups in total. The van der Waals surface area contributed by atoms with Crippen LogP contribution in [0.25, 0.3) is 0 Å². The van der Waals surface area contributed by atoms with E-state index in [0.29, 0.717) is 12.6 Å². The normalized spacial score (nSPS) is 23.2. The summed E-state index contributed by atoms with van der Waals surface area (Å²) in [5.41, 5.74) is 6.47. The topological polar surface area (TPSA) is 43.8 Å². The quantitative estimate of drug-likeness (QED) is 0.744. The monoisotopic (exact) mass is 183 g/mol. The van der Waals surface area contributed by atoms with Crippen molar-refractivity contribution in [1.82, 2.24) is 9.55 Å². The smallest absolute Gasteiger partial charge is 0.0952 e. The zero-order valence-corrected chi connectivity index (χ0v) is 7.76. The fourth-order valence-corrected chi connectivity index (χ4v) is 2.66. The van der Waals surface area contributed by atoms with Crippen LogP contribution in [-0.4, -0.2) is 21.1 Å². The van der Waals surface area contributed by atoms with E-state index in [9.17, 15) is 0 Å². The van der Waals surface area contributed by atoms with Gasteiger partial charge in [0, 0.05) is 24.5 Å². The van der Waals surface area contributed by atoms with Crippen molar-refractivity contribution in [3.63, 3.8) is 0 Å². The molecule has 0 amide bonds. The van der Waals surface area contributed by atoms with Gasteiger partial charge in [-0.15, -0.1) is 0 Å². The Morgan fingerprint density at radius 3 is 3.25 bits per heavy atom. The highest BCUT2D eigenvalue weighted by atomic mass is 32.2. The van der Waals surface area contributed by atoms with Gasteiger partial charge in [-0.05, 0) is 12.2 Å². The molecule has 2 heterocycles. The fourth-order valence-electron chi connectivity index (χ4n) is 1.44. The van der Waals surface area contributed by atoms with Gasteiger partial charge in [0.15, 0.2) is 0 Å². The minimum Gasteiger partial charge on any atom is -0.333 e. The standard InChI is InChI=1S/C8H13N3S/c9-3-7-4-11(6-10-7)8-1-2-12-5-8/h4,6,8H,1-3,5,9H2. The molecule has 1 aliphatic rings. The van der Waals surface area contributed by atoms with Crippen LogP contribution in [0.15, 0.2) is 12.5 Å². The van der Waals surface area contributed by atoms with Crippen molar-refractivity contribution in [3.8, 4) is 0 Å². The molecule has 1 saturated heterocycles. The van der Waals surface area contributed by atoms with Crippen LogP contribution in [0.2, 0.25) is 0 Å². The van der Waals surface area contributed by atoms with Crippen molar-refractivity contribution >= 4 is 11.8 Å². The molecule has 0 aromatic carbocycles. The number of hydrogen-bond donors (Lipinski definition) is 1. The van der Waals surface area contributed by atoms with E-state index in [1.54, 1.807) is 0 Å². The van der Waals surface area contributed by atoms with Crippen molar-refractivity contribution < 1.29 is 0 Å². The van der Waals surface area contributed by atoms with Crippen LogP contribution in [-0.2, 0) is 6.54 Å². The first-order chi connectivity index (χ1) is 5.90. The summed E-state index contributed by atoms with van der Waals surface area (Å²) in [7, 11) is 0. The van der Waals surface area contributed by atoms with Crippen LogP contribution < -0.4 is 5.73 Å². The predicted molar refractivity (Wildman–Crippen MR) is 51.1 cm³/mol. The Hall–Kier alpha value is -0.480. The van der Waals surface area contributed by atoms with Crippen LogP contribution in [0, 0.1) is 0 Å². The lowest BCUT2D eigenvalue weighted by Crippen LogP contribution is -2.05. The van der Waals surface area contributed by atoms with E-state index >= 15 is 0 Å². The molecule has 1 fully saturated rings. The molecular formula is C8H13N3S. The molecule has 1 aliphatic heterocycles. The molecule has 1 atom stereocenters. The van der Waals surface area contributed by atoms with Crippen LogP contribution in [0.4, 0.5) is 0 Å². The lowest BCUT2D eigenvalue weighted by molar-refractivity contribution is 0.559. The van der Waals surface area contributed by atoms with Gasteiger partial charge in [-0.25, -0.2) is 4.98 Å². The number of thioether (sulfide) groups is 1. The first-order valence-electron chi connectivity index (χ1n) is 4.20. The molecule has 0 radical (unpaired) electrons. The fraction of sp³-hybridized carbons (Fsp3) is 0.625. The Morgan fingerprint density at radius 1 is 1.75 bits per heavy atom. The van der Waals surface area contributed by atoms with Crippen molar-refractivity contribution in [2.45, 2.75) is 19.0 Å². The van der Waals surface area contributed by atoms with Crippen molar-refractivity contribution in [2.75, 3.05) is 11.5 Å². The van der Waals surface area contributed by atoms with Crippen LogP contribution in [0.5, 0.6) is 0 Å². The highest BCUT2D eigenvalue weighted by Gasteiger charge is 2.16. The van der Waals surface area contributed by atoms with Gasteiger partial charge in [0.05, 0.1) is 12.0 Å². The minimum atomic E-state index is 0.548. The van der Waals surface area contributed by atoms with E-state index in [1.807, 2.05) is 18.1 Å². The first kappa shape index (κ1) is 8.13. The molecule has 2 rings (SSSR count). The summed E-state index contributed by atoms with van der Waals surface area (Å²) in [6.07, 6.45) is 5.24. The maximum Gasteiger partial charge on any atom is 0.0952 e. The number of aromatic nitrogens is 2. The Labute approximate surface area is 76.4 Å². The van der Waals surface area contributed by atoms with Crippen LogP contribution in [0.1, 0.15) is 18.2 Å². The number of hydrogen-bond acceptors (Lipinski definition) is 3. The SMILES string of the molecule is NCc1cn(C2CCSC2)cn1. The zero-order chi connectivity index (χ0) is 8.39. The highest BCUT2D eigenvalue weighted by molar-refractivity contribution is 7.99. The maximum absolute atomic E-state index is 5.48. The van der Waals surface area contributed by atoms with Gasteiger partial charge in [0.2, 0.25) is 0 Å². The number of rotatable bonds is 2. The van der Waals surface area contributed by atoms with Crippen molar-refractivity contribution in [1.29, 1.82) is 0 Å². The van der Waals surface area contributed by atoms with Crippen molar-refractivity contribution in [2.24, 2.45) is 5.73 Å². The second-order valence-electron chi connectivity index (χ2n) is 3.03. The lowest BCUT2D eigenvalue weighted by atomic mass is 10.2. The number of nitrogens with zero attached hydrogens (tertiary/aromatic N) is 2. The van der Waals surface area contributed by atoms with E-state index in [4.69, 9.17) is 5.73 Å². The minimum absolute atomic E-state index is 0.548. The molecule has 1 unspecified atom stereocenters. The summed E-state index contributed by atoms with van der Waals surface area (Å²) in [5, 5.41) is 0. The highest BCUT2D eigenvalue weighted by Crippen LogP contribution is 2.27. The Kier molecular flexibility index (Phi) is 2.37. The van der Waals surface area contributed by atoms with Gasteiger partial charge >= 0.3 is 0 Å².